The molecule has 0 bridgehead atoms. The lowest BCUT2D eigenvalue weighted by Gasteiger charge is -2.41. The van der Waals surface area contributed by atoms with E-state index in [1.54, 1.807) is 0 Å². The average Bonchev–Trinajstić information content (AvgIpc) is 2.74. The minimum absolute atomic E-state index is 0.0550. The van der Waals surface area contributed by atoms with Gasteiger partial charge in [-0.05, 0) is 31.4 Å². The lowest BCUT2D eigenvalue weighted by atomic mass is 10.0. The molecule has 1 aliphatic rings. The third-order valence-electron chi connectivity index (χ3n) is 5.06. The van der Waals surface area contributed by atoms with Gasteiger partial charge in [0.15, 0.2) is 0 Å². The Balaban J connectivity index is 2.05. The van der Waals surface area contributed by atoms with Crippen molar-refractivity contribution in [1.82, 2.24) is 0 Å². The summed E-state index contributed by atoms with van der Waals surface area (Å²) in [7, 11) is 0. The van der Waals surface area contributed by atoms with Gasteiger partial charge >= 0.3 is 0 Å². The van der Waals surface area contributed by atoms with Crippen molar-refractivity contribution in [2.45, 2.75) is 90.3 Å². The summed E-state index contributed by atoms with van der Waals surface area (Å²) in [4.78, 5) is 0. The molecule has 1 aromatic rings. The van der Waals surface area contributed by atoms with Crippen LogP contribution < -0.4 is 4.74 Å². The van der Waals surface area contributed by atoms with Crippen molar-refractivity contribution in [3.05, 3.63) is 30.3 Å². The Morgan fingerprint density at radius 1 is 0.862 bits per heavy atom. The van der Waals surface area contributed by atoms with Crippen LogP contribution in [0, 0.1) is 0 Å². The van der Waals surface area contributed by atoms with E-state index in [2.05, 4.69) is 20.8 Å². The average molecular weight is 409 g/mol. The highest BCUT2D eigenvalue weighted by molar-refractivity contribution is 5.21. The van der Waals surface area contributed by atoms with Crippen LogP contribution in [-0.2, 0) is 18.9 Å². The van der Waals surface area contributed by atoms with Crippen LogP contribution >= 0.6 is 0 Å². The van der Waals surface area contributed by atoms with Crippen LogP contribution in [0.15, 0.2) is 30.3 Å². The molecule has 0 spiro atoms. The number of hydrogen-bond donors (Lipinski definition) is 0. The Labute approximate surface area is 177 Å². The number of benzene rings is 1. The van der Waals surface area contributed by atoms with Gasteiger partial charge in [-0.2, -0.15) is 0 Å². The van der Waals surface area contributed by atoms with Crippen LogP contribution in [0.3, 0.4) is 0 Å². The Bertz CT molecular complexity index is 509. The van der Waals surface area contributed by atoms with Gasteiger partial charge in [0, 0.05) is 26.2 Å². The molecule has 1 heterocycles. The SMILES string of the molecule is CCCCOCC1O[C@@H](Oc2ccccc2)C[C@@H](OCCCC)[C@@H]1OCCCC. The van der Waals surface area contributed by atoms with E-state index in [9.17, 15) is 0 Å². The lowest BCUT2D eigenvalue weighted by Crippen LogP contribution is -2.54. The van der Waals surface area contributed by atoms with Gasteiger partial charge < -0.3 is 23.7 Å². The maximum Gasteiger partial charge on any atom is 0.202 e. The van der Waals surface area contributed by atoms with E-state index in [0.29, 0.717) is 19.6 Å². The molecular formula is C24H40O5. The highest BCUT2D eigenvalue weighted by atomic mass is 16.7. The molecule has 1 aromatic carbocycles. The van der Waals surface area contributed by atoms with Gasteiger partial charge in [-0.3, -0.25) is 0 Å². The Morgan fingerprint density at radius 3 is 2.21 bits per heavy atom. The summed E-state index contributed by atoms with van der Waals surface area (Å²) >= 11 is 0. The van der Waals surface area contributed by atoms with Crippen LogP contribution in [0.1, 0.15) is 65.7 Å². The monoisotopic (exact) mass is 408 g/mol. The van der Waals surface area contributed by atoms with E-state index in [0.717, 1.165) is 57.5 Å². The van der Waals surface area contributed by atoms with Gasteiger partial charge in [-0.15, -0.1) is 0 Å². The van der Waals surface area contributed by atoms with Crippen LogP contribution in [0.4, 0.5) is 0 Å². The first-order valence-corrected chi connectivity index (χ1v) is 11.5. The van der Waals surface area contributed by atoms with E-state index < -0.39 is 0 Å². The highest BCUT2D eigenvalue weighted by Gasteiger charge is 2.41. The Hall–Kier alpha value is -1.14. The maximum absolute atomic E-state index is 6.30. The van der Waals surface area contributed by atoms with E-state index in [1.807, 2.05) is 30.3 Å². The summed E-state index contributed by atoms with van der Waals surface area (Å²) in [6.45, 7) is 9.20. The molecule has 1 aliphatic heterocycles. The second-order valence-corrected chi connectivity index (χ2v) is 7.65. The summed E-state index contributed by atoms with van der Waals surface area (Å²) in [5.41, 5.74) is 0. The van der Waals surface area contributed by atoms with Crippen molar-refractivity contribution in [1.29, 1.82) is 0 Å². The molecule has 5 heteroatoms. The zero-order chi connectivity index (χ0) is 20.7. The highest BCUT2D eigenvalue weighted by Crippen LogP contribution is 2.28. The minimum atomic E-state index is -0.366. The molecule has 0 aromatic heterocycles. The molecular weight excluding hydrogens is 368 g/mol. The first-order chi connectivity index (χ1) is 14.3. The predicted octanol–water partition coefficient (Wildman–Crippen LogP) is 5.37. The van der Waals surface area contributed by atoms with Crippen LogP contribution in [0.5, 0.6) is 5.75 Å². The quantitative estimate of drug-likeness (QED) is 0.365. The zero-order valence-electron chi connectivity index (χ0n) is 18.5. The molecule has 0 saturated carbocycles. The fourth-order valence-corrected chi connectivity index (χ4v) is 3.32. The van der Waals surface area contributed by atoms with E-state index >= 15 is 0 Å². The number of rotatable bonds is 15. The summed E-state index contributed by atoms with van der Waals surface area (Å²) in [6, 6.07) is 9.82. The van der Waals surface area contributed by atoms with Gasteiger partial charge in [0.2, 0.25) is 6.29 Å². The van der Waals surface area contributed by atoms with Crippen molar-refractivity contribution in [2.75, 3.05) is 26.4 Å². The molecule has 1 saturated heterocycles. The molecule has 1 unspecified atom stereocenters. The van der Waals surface area contributed by atoms with Crippen LogP contribution in [-0.4, -0.2) is 51.0 Å². The van der Waals surface area contributed by atoms with E-state index in [-0.39, 0.29) is 24.6 Å². The summed E-state index contributed by atoms with van der Waals surface area (Å²) in [6.07, 6.45) is 6.36. The van der Waals surface area contributed by atoms with Gasteiger partial charge in [0.1, 0.15) is 18.0 Å². The van der Waals surface area contributed by atoms with Crippen molar-refractivity contribution >= 4 is 0 Å². The predicted molar refractivity (Wildman–Crippen MR) is 115 cm³/mol. The molecule has 1 fully saturated rings. The van der Waals surface area contributed by atoms with Crippen molar-refractivity contribution in [3.63, 3.8) is 0 Å². The number of ether oxygens (including phenoxy) is 5. The fourth-order valence-electron chi connectivity index (χ4n) is 3.32. The first-order valence-electron chi connectivity index (χ1n) is 11.5. The second kappa shape index (κ2) is 14.8. The van der Waals surface area contributed by atoms with Crippen LogP contribution in [0.2, 0.25) is 0 Å². The third-order valence-corrected chi connectivity index (χ3v) is 5.06. The van der Waals surface area contributed by atoms with Gasteiger partial charge in [0.25, 0.3) is 0 Å². The van der Waals surface area contributed by atoms with Crippen molar-refractivity contribution in [2.24, 2.45) is 0 Å². The van der Waals surface area contributed by atoms with E-state index in [1.165, 1.54) is 0 Å². The molecule has 166 valence electrons. The molecule has 29 heavy (non-hydrogen) atoms. The van der Waals surface area contributed by atoms with Crippen molar-refractivity contribution in [3.8, 4) is 5.75 Å². The second-order valence-electron chi connectivity index (χ2n) is 7.65. The van der Waals surface area contributed by atoms with Gasteiger partial charge in [0.05, 0.1) is 12.7 Å². The number of para-hydroxylation sites is 1. The summed E-state index contributed by atoms with van der Waals surface area (Å²) < 4.78 is 30.8. The molecule has 0 amide bonds. The molecule has 0 radical (unpaired) electrons. The number of hydrogen-bond acceptors (Lipinski definition) is 5. The van der Waals surface area contributed by atoms with Crippen LogP contribution in [0.25, 0.3) is 0 Å². The largest absolute Gasteiger partial charge is 0.465 e. The summed E-state index contributed by atoms with van der Waals surface area (Å²) in [5.74, 6) is 0.806. The Morgan fingerprint density at radius 2 is 1.52 bits per heavy atom. The molecule has 0 aliphatic carbocycles. The van der Waals surface area contributed by atoms with Gasteiger partial charge in [-0.25, -0.2) is 0 Å². The minimum Gasteiger partial charge on any atom is -0.465 e. The third kappa shape index (κ3) is 9.04. The topological polar surface area (TPSA) is 46.2 Å². The normalized spacial score (nSPS) is 24.5. The molecule has 5 nitrogen and oxygen atoms in total. The molecule has 4 atom stereocenters. The number of unbranched alkanes of at least 4 members (excludes halogenated alkanes) is 3. The lowest BCUT2D eigenvalue weighted by molar-refractivity contribution is -0.253. The fraction of sp³-hybridized carbons (Fsp3) is 0.750. The summed E-state index contributed by atoms with van der Waals surface area (Å²) in [5, 5.41) is 0. The smallest absolute Gasteiger partial charge is 0.202 e. The van der Waals surface area contributed by atoms with Gasteiger partial charge in [-0.1, -0.05) is 58.2 Å². The maximum atomic E-state index is 6.30. The molecule has 2 rings (SSSR count). The van der Waals surface area contributed by atoms with Crippen molar-refractivity contribution < 1.29 is 23.7 Å². The first kappa shape index (κ1) is 24.1. The zero-order valence-corrected chi connectivity index (χ0v) is 18.5. The molecule has 0 N–H and O–H groups in total. The Kier molecular flexibility index (Phi) is 12.3. The van der Waals surface area contributed by atoms with E-state index in [4.69, 9.17) is 23.7 Å². The standard InChI is InChI=1S/C24H40O5/c1-4-7-15-25-19-22-24(27-17-9-6-3)21(26-16-8-5-2)18-23(29-22)28-20-13-11-10-12-14-20/h10-14,21-24H,4-9,15-19H2,1-3H3/t21-,22?,23-,24+/m1/s1.